The lowest BCUT2D eigenvalue weighted by Gasteiger charge is -2.12. The molecule has 0 saturated heterocycles. The van der Waals surface area contributed by atoms with Crippen molar-refractivity contribution in [3.05, 3.63) is 71.3 Å². The zero-order valence-electron chi connectivity index (χ0n) is 9.64. The normalized spacial score (nSPS) is 22.4. The highest BCUT2D eigenvalue weighted by atomic mass is 15.2. The van der Waals surface area contributed by atoms with E-state index in [-0.39, 0.29) is 6.04 Å². The summed E-state index contributed by atoms with van der Waals surface area (Å²) in [6.45, 7) is 0. The van der Waals surface area contributed by atoms with Gasteiger partial charge in [-0.05, 0) is 23.1 Å². The lowest BCUT2D eigenvalue weighted by molar-refractivity contribution is 0.531. The third kappa shape index (κ3) is 1.75. The van der Waals surface area contributed by atoms with Crippen molar-refractivity contribution in [3.63, 3.8) is 0 Å². The van der Waals surface area contributed by atoms with Crippen LogP contribution < -0.4 is 11.3 Å². The summed E-state index contributed by atoms with van der Waals surface area (Å²) in [5.41, 5.74) is 7.03. The Bertz CT molecular complexity index is 507. The van der Waals surface area contributed by atoms with Gasteiger partial charge in [0, 0.05) is 12.0 Å². The van der Waals surface area contributed by atoms with Crippen molar-refractivity contribution in [3.8, 4) is 0 Å². The van der Waals surface area contributed by atoms with Gasteiger partial charge in [0.2, 0.25) is 0 Å². The zero-order valence-corrected chi connectivity index (χ0v) is 9.64. The second kappa shape index (κ2) is 4.32. The Morgan fingerprint density at radius 1 is 0.882 bits per heavy atom. The van der Waals surface area contributed by atoms with Gasteiger partial charge in [-0.2, -0.15) is 0 Å². The van der Waals surface area contributed by atoms with Gasteiger partial charge < -0.3 is 0 Å². The summed E-state index contributed by atoms with van der Waals surface area (Å²) in [5.74, 6) is 6.11. The van der Waals surface area contributed by atoms with Gasteiger partial charge in [0.15, 0.2) is 0 Å². The van der Waals surface area contributed by atoms with Crippen molar-refractivity contribution in [2.24, 2.45) is 5.84 Å². The minimum absolute atomic E-state index is 0.274. The van der Waals surface area contributed by atoms with E-state index < -0.39 is 0 Å². The Hall–Kier alpha value is -1.64. The fourth-order valence-corrected chi connectivity index (χ4v) is 2.79. The van der Waals surface area contributed by atoms with Crippen molar-refractivity contribution in [1.29, 1.82) is 0 Å². The Kier molecular flexibility index (Phi) is 2.67. The van der Waals surface area contributed by atoms with Crippen molar-refractivity contribution >= 4 is 0 Å². The highest BCUT2D eigenvalue weighted by Gasteiger charge is 2.30. The standard InChI is InChI=1S/C15H16N2/c16-17-15-10-14(11-6-2-1-3-7-11)12-8-4-5-9-13(12)15/h1-9,14-15,17H,10,16H2/t14-,15-/m0/s1. The van der Waals surface area contributed by atoms with Crippen molar-refractivity contribution in [2.75, 3.05) is 0 Å². The molecular formula is C15H16N2. The SMILES string of the molecule is NN[C@H]1C[C@@H](c2ccccc2)c2ccccc21. The predicted molar refractivity (Wildman–Crippen MR) is 69.4 cm³/mol. The third-order valence-corrected chi connectivity index (χ3v) is 3.62. The van der Waals surface area contributed by atoms with Crippen LogP contribution in [-0.2, 0) is 0 Å². The van der Waals surface area contributed by atoms with Crippen molar-refractivity contribution in [1.82, 2.24) is 5.43 Å². The summed E-state index contributed by atoms with van der Waals surface area (Å²) in [6, 6.07) is 19.5. The van der Waals surface area contributed by atoms with Crippen molar-refractivity contribution in [2.45, 2.75) is 18.4 Å². The maximum absolute atomic E-state index is 5.64. The minimum Gasteiger partial charge on any atom is -0.271 e. The molecule has 1 aliphatic rings. The second-order valence-electron chi connectivity index (χ2n) is 4.55. The van der Waals surface area contributed by atoms with Gasteiger partial charge in [-0.3, -0.25) is 11.3 Å². The number of nitrogens with two attached hydrogens (primary N) is 1. The van der Waals surface area contributed by atoms with E-state index in [1.165, 1.54) is 16.7 Å². The summed E-state index contributed by atoms with van der Waals surface area (Å²) in [7, 11) is 0. The van der Waals surface area contributed by atoms with E-state index >= 15 is 0 Å². The maximum atomic E-state index is 5.64. The molecule has 0 amide bonds. The molecule has 0 heterocycles. The van der Waals surface area contributed by atoms with Crippen molar-refractivity contribution < 1.29 is 0 Å². The van der Waals surface area contributed by atoms with E-state index in [0.717, 1.165) is 6.42 Å². The van der Waals surface area contributed by atoms with Crippen LogP contribution in [0.1, 0.15) is 35.1 Å². The molecule has 0 unspecified atom stereocenters. The van der Waals surface area contributed by atoms with E-state index in [1.54, 1.807) is 0 Å². The minimum atomic E-state index is 0.274. The predicted octanol–water partition coefficient (Wildman–Crippen LogP) is 2.73. The fourth-order valence-electron chi connectivity index (χ4n) is 2.79. The van der Waals surface area contributed by atoms with Crippen LogP contribution in [0, 0.1) is 0 Å². The van der Waals surface area contributed by atoms with Crippen LogP contribution in [0.3, 0.4) is 0 Å². The van der Waals surface area contributed by atoms with Gasteiger partial charge in [-0.25, -0.2) is 0 Å². The van der Waals surface area contributed by atoms with Gasteiger partial charge >= 0.3 is 0 Å². The summed E-state index contributed by atoms with van der Waals surface area (Å²) >= 11 is 0. The molecule has 0 saturated carbocycles. The number of hydrazine groups is 1. The molecule has 17 heavy (non-hydrogen) atoms. The van der Waals surface area contributed by atoms with E-state index in [0.29, 0.717) is 5.92 Å². The number of hydrogen-bond donors (Lipinski definition) is 2. The summed E-state index contributed by atoms with van der Waals surface area (Å²) in [6.07, 6.45) is 1.04. The fraction of sp³-hybridized carbons (Fsp3) is 0.200. The van der Waals surface area contributed by atoms with Crippen LogP contribution in [0.5, 0.6) is 0 Å². The third-order valence-electron chi connectivity index (χ3n) is 3.62. The summed E-state index contributed by atoms with van der Waals surface area (Å²) in [5, 5.41) is 0. The molecule has 1 aliphatic carbocycles. The number of nitrogens with one attached hydrogen (secondary N) is 1. The quantitative estimate of drug-likeness (QED) is 0.608. The average Bonchev–Trinajstić information content (AvgIpc) is 2.78. The maximum Gasteiger partial charge on any atom is 0.0472 e. The first-order valence-corrected chi connectivity index (χ1v) is 6.00. The molecule has 0 fully saturated rings. The first-order chi connectivity index (χ1) is 8.40. The van der Waals surface area contributed by atoms with Gasteiger partial charge in [0.25, 0.3) is 0 Å². The number of hydrogen-bond acceptors (Lipinski definition) is 2. The van der Waals surface area contributed by atoms with E-state index in [4.69, 9.17) is 5.84 Å². The molecule has 2 aromatic rings. The molecule has 2 nitrogen and oxygen atoms in total. The smallest absolute Gasteiger partial charge is 0.0472 e. The first-order valence-electron chi connectivity index (χ1n) is 6.00. The zero-order chi connectivity index (χ0) is 11.7. The lowest BCUT2D eigenvalue weighted by atomic mass is 9.93. The second-order valence-corrected chi connectivity index (χ2v) is 4.55. The molecule has 0 radical (unpaired) electrons. The lowest BCUT2D eigenvalue weighted by Crippen LogP contribution is -2.26. The Morgan fingerprint density at radius 3 is 2.24 bits per heavy atom. The highest BCUT2D eigenvalue weighted by Crippen LogP contribution is 2.43. The Labute approximate surface area is 101 Å². The number of rotatable bonds is 2. The topological polar surface area (TPSA) is 38.0 Å². The molecule has 86 valence electrons. The first kappa shape index (κ1) is 10.5. The summed E-state index contributed by atoms with van der Waals surface area (Å²) < 4.78 is 0. The molecule has 0 aromatic heterocycles. The summed E-state index contributed by atoms with van der Waals surface area (Å²) in [4.78, 5) is 0. The van der Waals surface area contributed by atoms with Crippen LogP contribution in [0.25, 0.3) is 0 Å². The van der Waals surface area contributed by atoms with Crippen LogP contribution in [0.4, 0.5) is 0 Å². The number of benzene rings is 2. The monoisotopic (exact) mass is 224 g/mol. The van der Waals surface area contributed by atoms with Gasteiger partial charge in [-0.15, -0.1) is 0 Å². The molecular weight excluding hydrogens is 208 g/mol. The molecule has 3 N–H and O–H groups in total. The highest BCUT2D eigenvalue weighted by molar-refractivity contribution is 5.44. The van der Waals surface area contributed by atoms with E-state index in [9.17, 15) is 0 Å². The molecule has 2 heteroatoms. The Morgan fingerprint density at radius 2 is 1.53 bits per heavy atom. The molecule has 3 rings (SSSR count). The van der Waals surface area contributed by atoms with Crippen LogP contribution in [0.2, 0.25) is 0 Å². The average molecular weight is 224 g/mol. The molecule has 0 bridgehead atoms. The van der Waals surface area contributed by atoms with Gasteiger partial charge in [0.1, 0.15) is 0 Å². The van der Waals surface area contributed by atoms with Crippen LogP contribution >= 0.6 is 0 Å². The largest absolute Gasteiger partial charge is 0.271 e. The van der Waals surface area contributed by atoms with Crippen LogP contribution in [0.15, 0.2) is 54.6 Å². The molecule has 0 spiro atoms. The van der Waals surface area contributed by atoms with E-state index in [2.05, 4.69) is 60.0 Å². The molecule has 2 aromatic carbocycles. The molecule has 2 atom stereocenters. The van der Waals surface area contributed by atoms with E-state index in [1.807, 2.05) is 0 Å². The Balaban J connectivity index is 2.05. The van der Waals surface area contributed by atoms with Gasteiger partial charge in [-0.1, -0.05) is 54.6 Å². The van der Waals surface area contributed by atoms with Gasteiger partial charge in [0.05, 0.1) is 0 Å². The number of fused-ring (bicyclic) bond motifs is 1. The van der Waals surface area contributed by atoms with Crippen LogP contribution in [-0.4, -0.2) is 0 Å². The molecule has 0 aliphatic heterocycles.